The molecule has 0 aromatic rings. The van der Waals surface area contributed by atoms with Crippen LogP contribution in [0.5, 0.6) is 0 Å². The second-order valence-electron chi connectivity index (χ2n) is 12.9. The number of aliphatic hydroxyl groups is 4. The predicted octanol–water partition coefficient (Wildman–Crippen LogP) is 2.87. The summed E-state index contributed by atoms with van der Waals surface area (Å²) in [5, 5.41) is 43.2. The van der Waals surface area contributed by atoms with Crippen molar-refractivity contribution in [3.63, 3.8) is 0 Å². The van der Waals surface area contributed by atoms with E-state index in [0.29, 0.717) is 36.8 Å². The molecule has 41 heavy (non-hydrogen) atoms. The van der Waals surface area contributed by atoms with Gasteiger partial charge in [0.2, 0.25) is 0 Å². The monoisotopic (exact) mass is 574 g/mol. The number of ether oxygens (including phenoxy) is 4. The molecule has 5 rings (SSSR count). The van der Waals surface area contributed by atoms with Gasteiger partial charge in [-0.15, -0.1) is 0 Å². The van der Waals surface area contributed by atoms with Gasteiger partial charge >= 0.3 is 5.97 Å². The van der Waals surface area contributed by atoms with E-state index in [-0.39, 0.29) is 37.6 Å². The smallest absolute Gasteiger partial charge is 0.316 e. The van der Waals surface area contributed by atoms with Crippen LogP contribution in [0, 0.1) is 17.8 Å². The highest BCUT2D eigenvalue weighted by atomic mass is 16.7. The number of aliphatic hydroxyl groups excluding tert-OH is 3. The maximum Gasteiger partial charge on any atom is 0.316 e. The topological polar surface area (TPSA) is 135 Å². The molecule has 1 spiro atoms. The molecule has 0 amide bonds. The van der Waals surface area contributed by atoms with E-state index in [1.807, 2.05) is 6.08 Å². The van der Waals surface area contributed by atoms with Crippen molar-refractivity contribution in [3.8, 4) is 0 Å². The summed E-state index contributed by atoms with van der Waals surface area (Å²) in [4.78, 5) is 13.9. The van der Waals surface area contributed by atoms with Crippen LogP contribution in [-0.4, -0.2) is 87.6 Å². The molecular formula is C32H46O9. The Balaban J connectivity index is 1.51. The minimum atomic E-state index is -1.74. The fourth-order valence-corrected chi connectivity index (χ4v) is 7.32. The normalized spacial score (nSPS) is 47.7. The molecule has 2 bridgehead atoms. The van der Waals surface area contributed by atoms with Gasteiger partial charge in [-0.25, -0.2) is 0 Å². The molecule has 228 valence electrons. The van der Waals surface area contributed by atoms with Crippen LogP contribution in [-0.2, 0) is 23.7 Å². The molecule has 0 saturated carbocycles. The number of allylic oxidation sites excluding steroid dienone is 4. The van der Waals surface area contributed by atoms with Crippen LogP contribution >= 0.6 is 0 Å². The van der Waals surface area contributed by atoms with E-state index in [9.17, 15) is 25.2 Å². The first-order valence-electron chi connectivity index (χ1n) is 15.0. The van der Waals surface area contributed by atoms with Crippen molar-refractivity contribution in [1.29, 1.82) is 0 Å². The second-order valence-corrected chi connectivity index (χ2v) is 12.9. The lowest BCUT2D eigenvalue weighted by Crippen LogP contribution is -2.59. The van der Waals surface area contributed by atoms with Gasteiger partial charge in [0, 0.05) is 31.8 Å². The van der Waals surface area contributed by atoms with Crippen LogP contribution in [0.2, 0.25) is 0 Å². The molecule has 9 heteroatoms. The van der Waals surface area contributed by atoms with E-state index < -0.39 is 53.8 Å². The molecule has 11 atom stereocenters. The summed E-state index contributed by atoms with van der Waals surface area (Å²) < 4.78 is 25.1. The van der Waals surface area contributed by atoms with Gasteiger partial charge in [0.15, 0.2) is 5.79 Å². The second kappa shape index (κ2) is 12.0. The Morgan fingerprint density at radius 1 is 1.20 bits per heavy atom. The highest BCUT2D eigenvalue weighted by molar-refractivity contribution is 5.78. The molecule has 4 heterocycles. The molecule has 0 aromatic carbocycles. The van der Waals surface area contributed by atoms with Crippen molar-refractivity contribution >= 4 is 5.97 Å². The average molecular weight is 575 g/mol. The van der Waals surface area contributed by atoms with E-state index in [1.54, 1.807) is 26.0 Å². The van der Waals surface area contributed by atoms with Gasteiger partial charge in [-0.05, 0) is 57.1 Å². The fourth-order valence-electron chi connectivity index (χ4n) is 7.32. The lowest BCUT2D eigenvalue weighted by Gasteiger charge is -2.50. The number of esters is 1. The first kappa shape index (κ1) is 30.6. The number of hydrogen-bond donors (Lipinski definition) is 4. The lowest BCUT2D eigenvalue weighted by molar-refractivity contribution is -0.345. The van der Waals surface area contributed by atoms with Crippen LogP contribution in [0.1, 0.15) is 66.2 Å². The van der Waals surface area contributed by atoms with Gasteiger partial charge in [0.25, 0.3) is 0 Å². The molecule has 9 nitrogen and oxygen atoms in total. The van der Waals surface area contributed by atoms with Crippen LogP contribution < -0.4 is 0 Å². The molecule has 3 fully saturated rings. The minimum absolute atomic E-state index is 0.0983. The number of fused-ring (bicyclic) bond motifs is 2. The summed E-state index contributed by atoms with van der Waals surface area (Å²) in [5.41, 5.74) is 0.547. The Kier molecular flexibility index (Phi) is 8.98. The van der Waals surface area contributed by atoms with Crippen molar-refractivity contribution in [2.45, 2.75) is 114 Å². The van der Waals surface area contributed by atoms with Crippen molar-refractivity contribution in [3.05, 3.63) is 47.1 Å². The molecule has 0 radical (unpaired) electrons. The Bertz CT molecular complexity index is 1110. The quantitative estimate of drug-likeness (QED) is 0.290. The van der Waals surface area contributed by atoms with Crippen molar-refractivity contribution in [2.75, 3.05) is 13.2 Å². The third-order valence-electron chi connectivity index (χ3n) is 9.54. The summed E-state index contributed by atoms with van der Waals surface area (Å²) in [5.74, 6) is -2.70. The number of carbonyl (C=O) groups excluding carboxylic acids is 1. The van der Waals surface area contributed by atoms with Gasteiger partial charge in [-0.1, -0.05) is 42.9 Å². The molecule has 4 aliphatic heterocycles. The van der Waals surface area contributed by atoms with Crippen molar-refractivity contribution in [1.82, 2.24) is 0 Å². The van der Waals surface area contributed by atoms with Crippen molar-refractivity contribution < 1.29 is 44.2 Å². The maximum absolute atomic E-state index is 13.9. The Labute approximate surface area is 242 Å². The Morgan fingerprint density at radius 2 is 1.98 bits per heavy atom. The zero-order valence-corrected chi connectivity index (χ0v) is 24.6. The largest absolute Gasteiger partial charge is 0.462 e. The summed E-state index contributed by atoms with van der Waals surface area (Å²) >= 11 is 0. The molecule has 4 N–H and O–H groups in total. The fraction of sp³-hybridized carbons (Fsp3) is 0.719. The minimum Gasteiger partial charge on any atom is -0.462 e. The first-order valence-corrected chi connectivity index (χ1v) is 15.0. The molecule has 1 unspecified atom stereocenters. The standard InChI is InChI=1S/C32H46O9/c1-18-6-5-7-23-17-38-29-27(35)20(3)13-26(32(23,29)37)30(36)39-25-14-24(9-8-19(2)12-18)40-31(15-25)11-10-22(16-33)28(41-31)21(4)34/h5-8,13,18,21-22,24-29,33-35,37H,9-12,14-17H2,1-4H3/b6-5+,19-8+,23-7+/t18-,21?,22+,24+,25-,26-,27+,28+,29+,31+,32+/m0/s1. The zero-order valence-electron chi connectivity index (χ0n) is 24.6. The summed E-state index contributed by atoms with van der Waals surface area (Å²) in [6, 6.07) is 0. The van der Waals surface area contributed by atoms with E-state index in [1.165, 1.54) is 5.57 Å². The van der Waals surface area contributed by atoms with Gasteiger partial charge in [-0.2, -0.15) is 0 Å². The van der Waals surface area contributed by atoms with Gasteiger partial charge in [-0.3, -0.25) is 4.79 Å². The van der Waals surface area contributed by atoms with E-state index in [0.717, 1.165) is 6.42 Å². The SMILES string of the molecule is CC1=C[C@H]2C(=O)O[C@H]3C[C@@H](C/C=C(\C)C[C@@H](C)/C=C/C=C4\CO[C@H]([C@@H]1O)[C@@]42O)O[C@@]1(CC[C@H](CO)[C@@H](C(C)O)O1)C3. The van der Waals surface area contributed by atoms with Gasteiger partial charge < -0.3 is 39.4 Å². The molecule has 0 aromatic heterocycles. The molecule has 1 aliphatic carbocycles. The number of rotatable bonds is 2. The van der Waals surface area contributed by atoms with E-state index in [4.69, 9.17) is 18.9 Å². The van der Waals surface area contributed by atoms with Gasteiger partial charge in [0.05, 0.1) is 24.9 Å². The Morgan fingerprint density at radius 3 is 2.71 bits per heavy atom. The van der Waals surface area contributed by atoms with Crippen LogP contribution in [0.3, 0.4) is 0 Å². The highest BCUT2D eigenvalue weighted by Gasteiger charge is 2.60. The summed E-state index contributed by atoms with van der Waals surface area (Å²) in [6.07, 6.45) is 8.54. The van der Waals surface area contributed by atoms with Crippen LogP contribution in [0.15, 0.2) is 47.1 Å². The molecule has 5 aliphatic rings. The van der Waals surface area contributed by atoms with Gasteiger partial charge in [0.1, 0.15) is 29.8 Å². The number of carbonyl (C=O) groups is 1. The Hall–Kier alpha value is -1.85. The third kappa shape index (κ3) is 6.00. The summed E-state index contributed by atoms with van der Waals surface area (Å²) in [7, 11) is 0. The van der Waals surface area contributed by atoms with Crippen molar-refractivity contribution in [2.24, 2.45) is 17.8 Å². The highest BCUT2D eigenvalue weighted by Crippen LogP contribution is 2.47. The first-order chi connectivity index (χ1) is 19.5. The predicted molar refractivity (Wildman–Crippen MR) is 150 cm³/mol. The molecule has 3 saturated heterocycles. The number of hydrogen-bond acceptors (Lipinski definition) is 9. The maximum atomic E-state index is 13.9. The van der Waals surface area contributed by atoms with Crippen LogP contribution in [0.4, 0.5) is 0 Å². The van der Waals surface area contributed by atoms with E-state index >= 15 is 0 Å². The summed E-state index contributed by atoms with van der Waals surface area (Å²) in [6.45, 7) is 7.59. The average Bonchev–Trinajstić information content (AvgIpc) is 3.25. The van der Waals surface area contributed by atoms with Crippen LogP contribution in [0.25, 0.3) is 0 Å². The molecular weight excluding hydrogens is 528 g/mol. The lowest BCUT2D eigenvalue weighted by atomic mass is 9.71. The third-order valence-corrected chi connectivity index (χ3v) is 9.54. The zero-order chi connectivity index (χ0) is 29.5. The van der Waals surface area contributed by atoms with E-state index in [2.05, 4.69) is 26.0 Å².